The fraction of sp³-hybridized carbons (Fsp3) is 0.545. The van der Waals surface area contributed by atoms with Crippen molar-refractivity contribution in [2.75, 3.05) is 5.32 Å². The molecule has 0 bridgehead atoms. The topological polar surface area (TPSA) is 80.9 Å². The van der Waals surface area contributed by atoms with Gasteiger partial charge in [0.25, 0.3) is 0 Å². The Labute approximate surface area is 106 Å². The van der Waals surface area contributed by atoms with Gasteiger partial charge in [0, 0.05) is 24.4 Å². The van der Waals surface area contributed by atoms with Gasteiger partial charge in [-0.1, -0.05) is 18.5 Å². The molecule has 1 amide bonds. The number of nitrogens with one attached hydrogen (secondary N) is 1. The fourth-order valence-electron chi connectivity index (χ4n) is 1.51. The van der Waals surface area contributed by atoms with E-state index in [1.54, 1.807) is 6.07 Å². The number of hydrogen-bond acceptors (Lipinski definition) is 4. The molecule has 3 N–H and O–H groups in total. The van der Waals surface area contributed by atoms with E-state index < -0.39 is 5.54 Å². The van der Waals surface area contributed by atoms with Crippen LogP contribution in [-0.2, 0) is 11.2 Å². The largest absolute Gasteiger partial charge is 0.370 e. The predicted molar refractivity (Wildman–Crippen MR) is 67.9 cm³/mol. The van der Waals surface area contributed by atoms with Crippen molar-refractivity contribution in [1.29, 1.82) is 0 Å². The summed E-state index contributed by atoms with van der Waals surface area (Å²) in [4.78, 5) is 19.3. The number of nitrogens with two attached hydrogens (primary N) is 1. The second-order valence-electron chi connectivity index (χ2n) is 4.50. The zero-order chi connectivity index (χ0) is 13.1. The fourth-order valence-corrected chi connectivity index (χ4v) is 1.71. The second kappa shape index (κ2) is 5.31. The van der Waals surface area contributed by atoms with Crippen LogP contribution in [0.25, 0.3) is 0 Å². The summed E-state index contributed by atoms with van der Waals surface area (Å²) >= 11 is 5.88. The lowest BCUT2D eigenvalue weighted by Gasteiger charge is -2.25. The van der Waals surface area contributed by atoms with E-state index >= 15 is 0 Å². The van der Waals surface area contributed by atoms with Crippen molar-refractivity contribution >= 4 is 23.3 Å². The Hall–Kier alpha value is -1.36. The Kier molecular flexibility index (Phi) is 4.28. The number of aromatic nitrogens is 2. The van der Waals surface area contributed by atoms with E-state index in [2.05, 4.69) is 15.3 Å². The third-order valence-corrected chi connectivity index (χ3v) is 2.33. The molecule has 0 unspecified atom stereocenters. The molecule has 0 aliphatic heterocycles. The third kappa shape index (κ3) is 4.56. The maximum atomic E-state index is 10.9. The molecule has 0 saturated carbocycles. The molecule has 0 atom stereocenters. The minimum Gasteiger partial charge on any atom is -0.370 e. The summed E-state index contributed by atoms with van der Waals surface area (Å²) in [7, 11) is 0. The molecule has 5 nitrogen and oxygen atoms in total. The van der Waals surface area contributed by atoms with Gasteiger partial charge in [-0.25, -0.2) is 9.97 Å². The van der Waals surface area contributed by atoms with Gasteiger partial charge in [-0.2, -0.15) is 0 Å². The molecule has 94 valence electrons. The summed E-state index contributed by atoms with van der Waals surface area (Å²) in [5.41, 5.74) is 4.72. The third-order valence-electron chi connectivity index (χ3n) is 2.14. The van der Waals surface area contributed by atoms with Gasteiger partial charge < -0.3 is 11.1 Å². The Morgan fingerprint density at radius 1 is 1.53 bits per heavy atom. The Bertz CT molecular complexity index is 420. The van der Waals surface area contributed by atoms with E-state index in [9.17, 15) is 4.79 Å². The molecule has 0 radical (unpaired) electrons. The second-order valence-corrected chi connectivity index (χ2v) is 4.88. The lowest BCUT2D eigenvalue weighted by molar-refractivity contribution is -0.118. The smallest absolute Gasteiger partial charge is 0.219 e. The first-order chi connectivity index (χ1) is 7.82. The molecule has 0 saturated heterocycles. The van der Waals surface area contributed by atoms with E-state index in [0.717, 1.165) is 0 Å². The predicted octanol–water partition coefficient (Wildman–Crippen LogP) is 1.76. The molecule has 0 aliphatic rings. The number of hydrogen-bond donors (Lipinski definition) is 2. The van der Waals surface area contributed by atoms with Crippen LogP contribution in [0.15, 0.2) is 6.07 Å². The van der Waals surface area contributed by atoms with Crippen molar-refractivity contribution in [3.63, 3.8) is 0 Å². The summed E-state index contributed by atoms with van der Waals surface area (Å²) < 4.78 is 0. The monoisotopic (exact) mass is 256 g/mol. The first kappa shape index (κ1) is 13.7. The van der Waals surface area contributed by atoms with Gasteiger partial charge in [-0.15, -0.1) is 0 Å². The molecule has 1 rings (SSSR count). The minimum atomic E-state index is -0.464. The molecule has 1 aromatic rings. The van der Waals surface area contributed by atoms with E-state index in [4.69, 9.17) is 17.3 Å². The van der Waals surface area contributed by atoms with Crippen LogP contribution in [0.2, 0.25) is 5.15 Å². The van der Waals surface area contributed by atoms with E-state index in [0.29, 0.717) is 23.2 Å². The molecule has 0 spiro atoms. The highest BCUT2D eigenvalue weighted by Gasteiger charge is 2.21. The first-order valence-electron chi connectivity index (χ1n) is 5.42. The van der Waals surface area contributed by atoms with Crippen LogP contribution in [0.1, 0.15) is 33.0 Å². The molecular weight excluding hydrogens is 240 g/mol. The van der Waals surface area contributed by atoms with Gasteiger partial charge in [0.1, 0.15) is 16.8 Å². The highest BCUT2D eigenvalue weighted by atomic mass is 35.5. The highest BCUT2D eigenvalue weighted by Crippen LogP contribution is 2.18. The van der Waals surface area contributed by atoms with Crippen LogP contribution in [0.3, 0.4) is 0 Å². The van der Waals surface area contributed by atoms with Crippen molar-refractivity contribution < 1.29 is 4.79 Å². The Morgan fingerprint density at radius 2 is 2.18 bits per heavy atom. The van der Waals surface area contributed by atoms with Gasteiger partial charge in [0.05, 0.1) is 0 Å². The van der Waals surface area contributed by atoms with Crippen LogP contribution in [-0.4, -0.2) is 21.4 Å². The number of primary amides is 1. The van der Waals surface area contributed by atoms with Gasteiger partial charge in [-0.05, 0) is 13.8 Å². The van der Waals surface area contributed by atoms with Gasteiger partial charge >= 0.3 is 0 Å². The number of rotatable bonds is 5. The van der Waals surface area contributed by atoms with Crippen LogP contribution < -0.4 is 11.1 Å². The van der Waals surface area contributed by atoms with Crippen LogP contribution in [0, 0.1) is 0 Å². The zero-order valence-electron chi connectivity index (χ0n) is 10.2. The quantitative estimate of drug-likeness (QED) is 0.787. The SMILES string of the molecule is CCc1nc(Cl)cc(NC(C)(C)CC(N)=O)n1. The average molecular weight is 257 g/mol. The molecule has 17 heavy (non-hydrogen) atoms. The summed E-state index contributed by atoms with van der Waals surface area (Å²) in [6, 6.07) is 1.63. The highest BCUT2D eigenvalue weighted by molar-refractivity contribution is 6.29. The van der Waals surface area contributed by atoms with Crippen molar-refractivity contribution in [2.24, 2.45) is 5.73 Å². The maximum Gasteiger partial charge on any atom is 0.219 e. The van der Waals surface area contributed by atoms with Gasteiger partial charge in [-0.3, -0.25) is 4.79 Å². The first-order valence-corrected chi connectivity index (χ1v) is 5.80. The molecule has 1 heterocycles. The van der Waals surface area contributed by atoms with Crippen LogP contribution in [0.4, 0.5) is 5.82 Å². The molecule has 0 aliphatic carbocycles. The molecular formula is C11H17ClN4O. The van der Waals surface area contributed by atoms with E-state index in [1.807, 2.05) is 20.8 Å². The van der Waals surface area contributed by atoms with Crippen LogP contribution in [0.5, 0.6) is 0 Å². The number of aryl methyl sites for hydroxylation is 1. The van der Waals surface area contributed by atoms with Gasteiger partial charge in [0.15, 0.2) is 0 Å². The minimum absolute atomic E-state index is 0.218. The van der Waals surface area contributed by atoms with E-state index in [-0.39, 0.29) is 12.3 Å². The van der Waals surface area contributed by atoms with Crippen molar-refractivity contribution in [3.05, 3.63) is 17.0 Å². The summed E-state index contributed by atoms with van der Waals surface area (Å²) in [6.07, 6.45) is 0.918. The van der Waals surface area contributed by atoms with E-state index in [1.165, 1.54) is 0 Å². The van der Waals surface area contributed by atoms with Crippen LogP contribution >= 0.6 is 11.6 Å². The lowest BCUT2D eigenvalue weighted by Crippen LogP contribution is -2.36. The maximum absolute atomic E-state index is 10.9. The number of anilines is 1. The number of carbonyl (C=O) groups excluding carboxylic acids is 1. The zero-order valence-corrected chi connectivity index (χ0v) is 11.0. The summed E-state index contributed by atoms with van der Waals surface area (Å²) in [5.74, 6) is 0.904. The standard InChI is InChI=1S/C11H17ClN4O/c1-4-9-14-7(12)5-10(15-9)16-11(2,3)6-8(13)17/h5H,4,6H2,1-3H3,(H2,13,17)(H,14,15,16). The van der Waals surface area contributed by atoms with Crippen molar-refractivity contribution in [3.8, 4) is 0 Å². The van der Waals surface area contributed by atoms with Gasteiger partial charge in [0.2, 0.25) is 5.91 Å². The Balaban J connectivity index is 2.87. The lowest BCUT2D eigenvalue weighted by atomic mass is 10.0. The normalized spacial score (nSPS) is 11.3. The number of amides is 1. The molecule has 0 fully saturated rings. The molecule has 1 aromatic heterocycles. The summed E-state index contributed by atoms with van der Waals surface area (Å²) in [6.45, 7) is 5.70. The number of carbonyl (C=O) groups is 1. The number of halogens is 1. The molecule has 0 aromatic carbocycles. The average Bonchev–Trinajstić information content (AvgIpc) is 2.13. The Morgan fingerprint density at radius 3 is 2.71 bits per heavy atom. The molecule has 6 heteroatoms. The van der Waals surface area contributed by atoms with Crippen molar-refractivity contribution in [1.82, 2.24) is 9.97 Å². The summed E-state index contributed by atoms with van der Waals surface area (Å²) in [5, 5.41) is 3.51. The van der Waals surface area contributed by atoms with Crippen molar-refractivity contribution in [2.45, 2.75) is 39.2 Å². The number of nitrogens with zero attached hydrogens (tertiary/aromatic N) is 2.